The van der Waals surface area contributed by atoms with E-state index in [1.54, 1.807) is 12.1 Å². The summed E-state index contributed by atoms with van der Waals surface area (Å²) in [5.74, 6) is 0.181. The van der Waals surface area contributed by atoms with Gasteiger partial charge in [0.05, 0.1) is 0 Å². The fourth-order valence-electron chi connectivity index (χ4n) is 3.51. The van der Waals surface area contributed by atoms with E-state index in [9.17, 15) is 5.11 Å². The molecule has 0 aromatic heterocycles. The number of hydrogen-bond donors (Lipinski definition) is 2. The van der Waals surface area contributed by atoms with Gasteiger partial charge in [-0.25, -0.2) is 0 Å². The summed E-state index contributed by atoms with van der Waals surface area (Å²) >= 11 is 6.15. The summed E-state index contributed by atoms with van der Waals surface area (Å²) in [4.78, 5) is 0. The second-order valence-electron chi connectivity index (χ2n) is 5.85. The fourth-order valence-corrected chi connectivity index (χ4v) is 3.68. The number of hydrogen-bond acceptors (Lipinski definition) is 2. The molecule has 3 heteroatoms. The first-order valence-corrected chi connectivity index (χ1v) is 7.83. The molecule has 3 N–H and O–H groups in total. The quantitative estimate of drug-likeness (QED) is 0.828. The lowest BCUT2D eigenvalue weighted by Gasteiger charge is -2.36. The van der Waals surface area contributed by atoms with Gasteiger partial charge in [0.25, 0.3) is 0 Å². The molecule has 0 bridgehead atoms. The van der Waals surface area contributed by atoms with Crippen LogP contribution in [0.3, 0.4) is 0 Å². The van der Waals surface area contributed by atoms with Crippen LogP contribution in [0.4, 0.5) is 5.69 Å². The Morgan fingerprint density at radius 3 is 2.38 bits per heavy atom. The molecule has 0 radical (unpaired) electrons. The summed E-state index contributed by atoms with van der Waals surface area (Å²) in [6.07, 6.45) is 4.33. The van der Waals surface area contributed by atoms with Crippen LogP contribution in [0.1, 0.15) is 36.8 Å². The van der Waals surface area contributed by atoms with Crippen molar-refractivity contribution < 1.29 is 5.11 Å². The predicted molar refractivity (Wildman–Crippen MR) is 87.3 cm³/mol. The largest absolute Gasteiger partial charge is 0.398 e. The molecule has 1 atom stereocenters. The van der Waals surface area contributed by atoms with Crippen molar-refractivity contribution in [3.63, 3.8) is 0 Å². The van der Waals surface area contributed by atoms with Gasteiger partial charge < -0.3 is 10.8 Å². The molecule has 1 saturated carbocycles. The number of rotatable bonds is 3. The standard InChI is InChI=1S/C18H20ClNO/c19-15-10-11-17(20)16(12-15)18(21,14-8-4-5-9-14)13-6-2-1-3-7-13/h1-3,6-7,10-12,14,21H,4-5,8-9,20H2. The van der Waals surface area contributed by atoms with E-state index < -0.39 is 5.60 Å². The highest BCUT2D eigenvalue weighted by Gasteiger charge is 2.42. The van der Waals surface area contributed by atoms with Crippen molar-refractivity contribution in [3.05, 3.63) is 64.7 Å². The Morgan fingerprint density at radius 1 is 1.05 bits per heavy atom. The maximum atomic E-state index is 11.6. The second-order valence-corrected chi connectivity index (χ2v) is 6.28. The maximum Gasteiger partial charge on any atom is 0.119 e. The summed E-state index contributed by atoms with van der Waals surface area (Å²) < 4.78 is 0. The van der Waals surface area contributed by atoms with E-state index in [4.69, 9.17) is 17.3 Å². The number of nitrogens with two attached hydrogens (primary N) is 1. The number of nitrogen functional groups attached to an aromatic ring is 1. The van der Waals surface area contributed by atoms with Crippen molar-refractivity contribution in [3.8, 4) is 0 Å². The number of anilines is 1. The Kier molecular flexibility index (Phi) is 3.92. The molecule has 0 aliphatic heterocycles. The molecule has 0 amide bonds. The average Bonchev–Trinajstić information content (AvgIpc) is 3.05. The highest BCUT2D eigenvalue weighted by Crippen LogP contribution is 2.47. The molecule has 0 spiro atoms. The first-order chi connectivity index (χ1) is 10.1. The summed E-state index contributed by atoms with van der Waals surface area (Å²) in [7, 11) is 0. The van der Waals surface area contributed by atoms with Gasteiger partial charge in [0.1, 0.15) is 5.60 Å². The molecule has 21 heavy (non-hydrogen) atoms. The van der Waals surface area contributed by atoms with Gasteiger partial charge in [0, 0.05) is 16.3 Å². The Hall–Kier alpha value is -1.51. The van der Waals surface area contributed by atoms with E-state index >= 15 is 0 Å². The first-order valence-electron chi connectivity index (χ1n) is 7.46. The van der Waals surface area contributed by atoms with Crippen molar-refractivity contribution in [1.29, 1.82) is 0 Å². The van der Waals surface area contributed by atoms with Gasteiger partial charge in [-0.3, -0.25) is 0 Å². The van der Waals surface area contributed by atoms with E-state index in [-0.39, 0.29) is 5.92 Å². The van der Waals surface area contributed by atoms with Crippen LogP contribution < -0.4 is 5.73 Å². The van der Waals surface area contributed by atoms with Gasteiger partial charge in [-0.15, -0.1) is 0 Å². The second kappa shape index (κ2) is 5.70. The van der Waals surface area contributed by atoms with E-state index in [0.717, 1.165) is 36.8 Å². The van der Waals surface area contributed by atoms with Gasteiger partial charge in [-0.2, -0.15) is 0 Å². The normalized spacial score (nSPS) is 18.6. The van der Waals surface area contributed by atoms with Crippen LogP contribution in [-0.4, -0.2) is 5.11 Å². The van der Waals surface area contributed by atoms with Crippen molar-refractivity contribution in [2.45, 2.75) is 31.3 Å². The molecule has 2 nitrogen and oxygen atoms in total. The maximum absolute atomic E-state index is 11.6. The zero-order chi connectivity index (χ0) is 14.9. The number of benzene rings is 2. The lowest BCUT2D eigenvalue weighted by molar-refractivity contribution is 0.0196. The van der Waals surface area contributed by atoms with Crippen LogP contribution in [0, 0.1) is 5.92 Å². The smallest absolute Gasteiger partial charge is 0.119 e. The van der Waals surface area contributed by atoms with E-state index in [1.807, 2.05) is 36.4 Å². The molecule has 0 saturated heterocycles. The van der Waals surface area contributed by atoms with Crippen LogP contribution in [0.2, 0.25) is 5.02 Å². The van der Waals surface area contributed by atoms with Gasteiger partial charge >= 0.3 is 0 Å². The Morgan fingerprint density at radius 2 is 1.71 bits per heavy atom. The summed E-state index contributed by atoms with van der Waals surface area (Å²) in [6, 6.07) is 15.2. The summed E-state index contributed by atoms with van der Waals surface area (Å²) in [5, 5.41) is 12.2. The van der Waals surface area contributed by atoms with Crippen LogP contribution >= 0.6 is 11.6 Å². The Labute approximate surface area is 130 Å². The number of aliphatic hydroxyl groups is 1. The molecular weight excluding hydrogens is 282 g/mol. The molecule has 0 heterocycles. The highest BCUT2D eigenvalue weighted by atomic mass is 35.5. The van der Waals surface area contributed by atoms with Crippen molar-refractivity contribution in [1.82, 2.24) is 0 Å². The molecule has 1 aliphatic rings. The number of halogens is 1. The topological polar surface area (TPSA) is 46.2 Å². The minimum atomic E-state index is -1.06. The lowest BCUT2D eigenvalue weighted by atomic mass is 9.74. The summed E-state index contributed by atoms with van der Waals surface area (Å²) in [5.41, 5.74) is 7.32. The van der Waals surface area contributed by atoms with E-state index in [1.165, 1.54) is 0 Å². The first kappa shape index (κ1) is 14.4. The Bertz CT molecular complexity index is 622. The van der Waals surface area contributed by atoms with Crippen LogP contribution in [0.15, 0.2) is 48.5 Å². The highest BCUT2D eigenvalue weighted by molar-refractivity contribution is 6.30. The van der Waals surface area contributed by atoms with E-state index in [2.05, 4.69) is 0 Å². The van der Waals surface area contributed by atoms with Gasteiger partial charge in [-0.1, -0.05) is 54.8 Å². The molecule has 2 aromatic rings. The molecule has 2 aromatic carbocycles. The minimum Gasteiger partial charge on any atom is -0.398 e. The molecule has 1 unspecified atom stereocenters. The third-order valence-corrected chi connectivity index (χ3v) is 4.82. The van der Waals surface area contributed by atoms with Crippen molar-refractivity contribution in [2.24, 2.45) is 5.92 Å². The van der Waals surface area contributed by atoms with Crippen LogP contribution in [0.25, 0.3) is 0 Å². The summed E-state index contributed by atoms with van der Waals surface area (Å²) in [6.45, 7) is 0. The molecule has 1 fully saturated rings. The predicted octanol–water partition coefficient (Wildman–Crippen LogP) is 4.35. The van der Waals surface area contributed by atoms with E-state index in [0.29, 0.717) is 10.7 Å². The molecular formula is C18H20ClNO. The minimum absolute atomic E-state index is 0.181. The average molecular weight is 302 g/mol. The zero-order valence-electron chi connectivity index (χ0n) is 11.9. The zero-order valence-corrected chi connectivity index (χ0v) is 12.7. The molecule has 1 aliphatic carbocycles. The monoisotopic (exact) mass is 301 g/mol. The van der Waals surface area contributed by atoms with Gasteiger partial charge in [-0.05, 0) is 42.5 Å². The SMILES string of the molecule is Nc1ccc(Cl)cc1C(O)(c1ccccc1)C1CCCC1. The van der Waals surface area contributed by atoms with Crippen molar-refractivity contribution in [2.75, 3.05) is 5.73 Å². The molecule has 110 valence electrons. The third kappa shape index (κ3) is 2.54. The Balaban J connectivity index is 2.18. The lowest BCUT2D eigenvalue weighted by Crippen LogP contribution is -2.36. The third-order valence-electron chi connectivity index (χ3n) is 4.59. The van der Waals surface area contributed by atoms with Crippen LogP contribution in [0.5, 0.6) is 0 Å². The van der Waals surface area contributed by atoms with Gasteiger partial charge in [0.15, 0.2) is 0 Å². The van der Waals surface area contributed by atoms with Gasteiger partial charge in [0.2, 0.25) is 0 Å². The molecule has 3 rings (SSSR count). The fraction of sp³-hybridized carbons (Fsp3) is 0.333. The van der Waals surface area contributed by atoms with Crippen molar-refractivity contribution >= 4 is 17.3 Å². The van der Waals surface area contributed by atoms with Crippen LogP contribution in [-0.2, 0) is 5.60 Å².